The summed E-state index contributed by atoms with van der Waals surface area (Å²) in [5.74, 6) is -0.928. The molecule has 0 saturated heterocycles. The van der Waals surface area contributed by atoms with Crippen LogP contribution in [0.2, 0.25) is 0 Å². The Morgan fingerprint density at radius 1 is 1.09 bits per heavy atom. The maximum Gasteiger partial charge on any atom is 0.310 e. The first-order valence-corrected chi connectivity index (χ1v) is 11.8. The molecule has 0 amide bonds. The average Bonchev–Trinajstić information content (AvgIpc) is 3.56. The second-order valence-corrected chi connectivity index (χ2v) is 9.33. The molecule has 33 heavy (non-hydrogen) atoms. The molecule has 0 spiro atoms. The van der Waals surface area contributed by atoms with Crippen LogP contribution >= 0.6 is 0 Å². The van der Waals surface area contributed by atoms with E-state index in [0.717, 1.165) is 41.4 Å². The van der Waals surface area contributed by atoms with Crippen LogP contribution in [0.25, 0.3) is 10.9 Å². The number of nitrogens with one attached hydrogen (secondary N) is 1. The molecule has 1 fully saturated rings. The van der Waals surface area contributed by atoms with Crippen LogP contribution in [0.5, 0.6) is 0 Å². The van der Waals surface area contributed by atoms with E-state index in [1.54, 1.807) is 6.20 Å². The molecule has 2 aromatic carbocycles. The SMILES string of the molecule is CC1=CCC(C)N1c1ccc2[nH]cc(C(=O)[C@H]3CCCC3C(=O)OCc3ccccc3)c2c1. The number of H-pyrrole nitrogens is 1. The van der Waals surface area contributed by atoms with E-state index in [0.29, 0.717) is 18.0 Å². The van der Waals surface area contributed by atoms with Crippen LogP contribution < -0.4 is 4.90 Å². The highest BCUT2D eigenvalue weighted by Gasteiger charge is 2.39. The fraction of sp³-hybridized carbons (Fsp3) is 0.357. The molecule has 1 aromatic heterocycles. The number of rotatable bonds is 6. The van der Waals surface area contributed by atoms with E-state index in [-0.39, 0.29) is 30.2 Å². The Labute approximate surface area is 194 Å². The first kappa shape index (κ1) is 21.5. The van der Waals surface area contributed by atoms with E-state index in [9.17, 15) is 9.59 Å². The normalized spacial score (nSPS) is 22.5. The number of esters is 1. The summed E-state index contributed by atoms with van der Waals surface area (Å²) in [4.78, 5) is 32.1. The van der Waals surface area contributed by atoms with Crippen LogP contribution in [-0.4, -0.2) is 22.8 Å². The summed E-state index contributed by atoms with van der Waals surface area (Å²) in [5, 5.41) is 0.924. The number of fused-ring (bicyclic) bond motifs is 1. The number of anilines is 1. The lowest BCUT2D eigenvalue weighted by molar-refractivity contribution is -0.150. The van der Waals surface area contributed by atoms with Crippen molar-refractivity contribution in [2.45, 2.75) is 52.2 Å². The van der Waals surface area contributed by atoms with Crippen molar-refractivity contribution >= 4 is 28.3 Å². The van der Waals surface area contributed by atoms with Gasteiger partial charge in [-0.1, -0.05) is 42.8 Å². The minimum absolute atomic E-state index is 0.0410. The molecule has 0 bridgehead atoms. The number of aromatic amines is 1. The molecule has 2 unspecified atom stereocenters. The lowest BCUT2D eigenvalue weighted by atomic mass is 9.88. The zero-order valence-electron chi connectivity index (χ0n) is 19.2. The maximum atomic E-state index is 13.6. The van der Waals surface area contributed by atoms with Gasteiger partial charge in [0.15, 0.2) is 5.78 Å². The van der Waals surface area contributed by atoms with Crippen LogP contribution in [-0.2, 0) is 16.1 Å². The highest BCUT2D eigenvalue weighted by Crippen LogP contribution is 2.38. The zero-order chi connectivity index (χ0) is 22.9. The predicted octanol–water partition coefficient (Wildman–Crippen LogP) is 6.01. The summed E-state index contributed by atoms with van der Waals surface area (Å²) in [7, 11) is 0. The monoisotopic (exact) mass is 442 g/mol. The molecule has 5 rings (SSSR count). The summed E-state index contributed by atoms with van der Waals surface area (Å²) < 4.78 is 5.60. The molecule has 1 saturated carbocycles. The summed E-state index contributed by atoms with van der Waals surface area (Å²) in [6, 6.07) is 16.3. The lowest BCUT2D eigenvalue weighted by Gasteiger charge is -2.26. The smallest absolute Gasteiger partial charge is 0.310 e. The molecular formula is C28H30N2O3. The van der Waals surface area contributed by atoms with Crippen LogP contribution in [0.1, 0.15) is 55.5 Å². The fourth-order valence-electron chi connectivity index (χ4n) is 5.40. The first-order valence-electron chi connectivity index (χ1n) is 11.8. The van der Waals surface area contributed by atoms with E-state index in [4.69, 9.17) is 4.74 Å². The van der Waals surface area contributed by atoms with Gasteiger partial charge in [-0.25, -0.2) is 0 Å². The van der Waals surface area contributed by atoms with Crippen molar-refractivity contribution in [2.24, 2.45) is 11.8 Å². The van der Waals surface area contributed by atoms with E-state index >= 15 is 0 Å². The van der Waals surface area contributed by atoms with Crippen molar-refractivity contribution in [1.82, 2.24) is 4.98 Å². The zero-order valence-corrected chi connectivity index (χ0v) is 19.2. The third-order valence-corrected chi connectivity index (χ3v) is 7.16. The summed E-state index contributed by atoms with van der Waals surface area (Å²) in [6.07, 6.45) is 7.37. The van der Waals surface area contributed by atoms with Gasteiger partial charge >= 0.3 is 5.97 Å². The molecule has 3 atom stereocenters. The molecule has 5 nitrogen and oxygen atoms in total. The van der Waals surface area contributed by atoms with Gasteiger partial charge < -0.3 is 14.6 Å². The number of nitrogens with zero attached hydrogens (tertiary/aromatic N) is 1. The molecule has 2 aliphatic rings. The third-order valence-electron chi connectivity index (χ3n) is 7.16. The Balaban J connectivity index is 1.37. The molecule has 1 aliphatic heterocycles. The van der Waals surface area contributed by atoms with Crippen LogP contribution in [0, 0.1) is 11.8 Å². The number of allylic oxidation sites excluding steroid dienone is 1. The van der Waals surface area contributed by atoms with Crippen LogP contribution in [0.3, 0.4) is 0 Å². The predicted molar refractivity (Wildman–Crippen MR) is 130 cm³/mol. The second kappa shape index (κ2) is 8.89. The Bertz CT molecular complexity index is 1210. The number of Topliss-reactive ketones (excluding diaryl/α,β-unsaturated/α-hetero) is 1. The summed E-state index contributed by atoms with van der Waals surface area (Å²) >= 11 is 0. The number of ketones is 1. The highest BCUT2D eigenvalue weighted by molar-refractivity contribution is 6.10. The van der Waals surface area contributed by atoms with Crippen molar-refractivity contribution in [1.29, 1.82) is 0 Å². The Morgan fingerprint density at radius 3 is 2.64 bits per heavy atom. The van der Waals surface area contributed by atoms with Gasteiger partial charge in [0.2, 0.25) is 0 Å². The molecule has 1 aliphatic carbocycles. The van der Waals surface area contributed by atoms with Crippen molar-refractivity contribution in [2.75, 3.05) is 4.90 Å². The van der Waals surface area contributed by atoms with Crippen LogP contribution in [0.4, 0.5) is 5.69 Å². The van der Waals surface area contributed by atoms with Gasteiger partial charge in [-0.2, -0.15) is 0 Å². The maximum absolute atomic E-state index is 13.6. The number of hydrogen-bond acceptors (Lipinski definition) is 4. The van der Waals surface area contributed by atoms with Crippen molar-refractivity contribution in [3.8, 4) is 0 Å². The van der Waals surface area contributed by atoms with Gasteiger partial charge in [0, 0.05) is 46.0 Å². The average molecular weight is 443 g/mol. The Kier molecular flexibility index (Phi) is 5.79. The molecular weight excluding hydrogens is 412 g/mol. The minimum atomic E-state index is -0.377. The van der Waals surface area contributed by atoms with Gasteiger partial charge in [-0.05, 0) is 56.9 Å². The summed E-state index contributed by atoms with van der Waals surface area (Å²) in [5.41, 5.74) is 4.91. The molecule has 3 aromatic rings. The van der Waals surface area contributed by atoms with E-state index in [2.05, 4.69) is 41.9 Å². The van der Waals surface area contributed by atoms with Crippen molar-refractivity contribution < 1.29 is 14.3 Å². The van der Waals surface area contributed by atoms with Crippen LogP contribution in [0.15, 0.2) is 66.5 Å². The third kappa shape index (κ3) is 4.08. The molecule has 1 N–H and O–H groups in total. The van der Waals surface area contributed by atoms with E-state index < -0.39 is 0 Å². The lowest BCUT2D eigenvalue weighted by Crippen LogP contribution is -2.27. The fourth-order valence-corrected chi connectivity index (χ4v) is 5.40. The van der Waals surface area contributed by atoms with Gasteiger partial charge in [-0.15, -0.1) is 0 Å². The van der Waals surface area contributed by atoms with Gasteiger partial charge in [0.05, 0.1) is 5.92 Å². The number of hydrogen-bond donors (Lipinski definition) is 1. The molecule has 2 heterocycles. The first-order chi connectivity index (χ1) is 16.0. The van der Waals surface area contributed by atoms with E-state index in [1.807, 2.05) is 36.4 Å². The molecule has 5 heteroatoms. The molecule has 170 valence electrons. The standard InChI is InChI=1S/C28H30N2O3/c1-18-11-12-19(2)30(18)21-13-14-26-24(15-21)25(16-29-26)27(31)22-9-6-10-23(22)28(32)33-17-20-7-4-3-5-8-20/h3-5,7-8,11,13-16,19,22-23,29H,6,9-10,12,17H2,1-2H3/t19?,22-,23?/m0/s1. The number of carbonyl (C=O) groups is 2. The summed E-state index contributed by atoms with van der Waals surface area (Å²) in [6.45, 7) is 4.58. The number of aromatic nitrogens is 1. The molecule has 0 radical (unpaired) electrons. The van der Waals surface area contributed by atoms with Gasteiger partial charge in [0.1, 0.15) is 6.61 Å². The number of ether oxygens (including phenoxy) is 1. The highest BCUT2D eigenvalue weighted by atomic mass is 16.5. The van der Waals surface area contributed by atoms with E-state index in [1.165, 1.54) is 5.70 Å². The quantitative estimate of drug-likeness (QED) is 0.375. The largest absolute Gasteiger partial charge is 0.461 e. The van der Waals surface area contributed by atoms with Gasteiger partial charge in [0.25, 0.3) is 0 Å². The minimum Gasteiger partial charge on any atom is -0.461 e. The van der Waals surface area contributed by atoms with Crippen molar-refractivity contribution in [3.63, 3.8) is 0 Å². The Hall–Kier alpha value is -3.34. The van der Waals surface area contributed by atoms with Crippen molar-refractivity contribution in [3.05, 3.63) is 77.6 Å². The second-order valence-electron chi connectivity index (χ2n) is 9.33. The number of carbonyl (C=O) groups excluding carboxylic acids is 2. The van der Waals surface area contributed by atoms with Gasteiger partial charge in [-0.3, -0.25) is 9.59 Å². The number of benzene rings is 2. The Morgan fingerprint density at radius 2 is 1.88 bits per heavy atom. The topological polar surface area (TPSA) is 62.4 Å².